The van der Waals surface area contributed by atoms with Crippen LogP contribution in [0.2, 0.25) is 0 Å². The lowest BCUT2D eigenvalue weighted by atomic mass is 9.97. The fourth-order valence-electron chi connectivity index (χ4n) is 2.75. The third kappa shape index (κ3) is 6.38. The molecule has 0 aliphatic carbocycles. The average Bonchev–Trinajstić information content (AvgIpc) is 2.66. The standard InChI is InChI=1S/C19H18.3C2H6/c1-13-5-4-6-16(10-13)17-7-8-19-15(3)9-14(2)11-18(19)12-17;3*1-2/h4-12H,1-3H3;3*1-2H3. The molecule has 0 saturated heterocycles. The van der Waals surface area contributed by atoms with Crippen LogP contribution in [0.15, 0.2) is 54.6 Å². The maximum atomic E-state index is 2.30. The van der Waals surface area contributed by atoms with Crippen molar-refractivity contribution in [1.29, 1.82) is 0 Å². The van der Waals surface area contributed by atoms with E-state index in [4.69, 9.17) is 0 Å². The van der Waals surface area contributed by atoms with E-state index in [0.29, 0.717) is 0 Å². The van der Waals surface area contributed by atoms with Crippen LogP contribution >= 0.6 is 0 Å². The molecule has 0 heterocycles. The van der Waals surface area contributed by atoms with Gasteiger partial charge in [0.25, 0.3) is 0 Å². The Kier molecular flexibility index (Phi) is 11.3. The molecule has 0 fully saturated rings. The molecule has 0 aliphatic heterocycles. The summed E-state index contributed by atoms with van der Waals surface area (Å²) in [5.74, 6) is 0. The zero-order chi connectivity index (χ0) is 19.4. The van der Waals surface area contributed by atoms with Gasteiger partial charge in [0.05, 0.1) is 0 Å². The van der Waals surface area contributed by atoms with E-state index in [1.165, 1.54) is 38.6 Å². The minimum atomic E-state index is 1.29. The molecule has 3 aromatic rings. The Morgan fingerprint density at radius 2 is 1.12 bits per heavy atom. The van der Waals surface area contributed by atoms with Crippen molar-refractivity contribution >= 4 is 10.8 Å². The van der Waals surface area contributed by atoms with E-state index in [1.807, 2.05) is 41.5 Å². The van der Waals surface area contributed by atoms with Crippen molar-refractivity contribution in [1.82, 2.24) is 0 Å². The molecule has 3 aromatic carbocycles. The summed E-state index contributed by atoms with van der Waals surface area (Å²) in [7, 11) is 0. The highest BCUT2D eigenvalue weighted by Gasteiger charge is 2.02. The topological polar surface area (TPSA) is 0 Å². The fourth-order valence-corrected chi connectivity index (χ4v) is 2.75. The molecule has 25 heavy (non-hydrogen) atoms. The van der Waals surface area contributed by atoms with E-state index in [-0.39, 0.29) is 0 Å². The summed E-state index contributed by atoms with van der Waals surface area (Å²) in [6, 6.07) is 19.9. The van der Waals surface area contributed by atoms with Crippen LogP contribution in [0.4, 0.5) is 0 Å². The van der Waals surface area contributed by atoms with Crippen LogP contribution in [0.5, 0.6) is 0 Å². The molecule has 0 nitrogen and oxygen atoms in total. The first-order valence-electron chi connectivity index (χ1n) is 9.71. The molecule has 0 atom stereocenters. The van der Waals surface area contributed by atoms with E-state index < -0.39 is 0 Å². The molecule has 0 bridgehead atoms. The summed E-state index contributed by atoms with van der Waals surface area (Å²) in [5.41, 5.74) is 6.57. The van der Waals surface area contributed by atoms with E-state index in [2.05, 4.69) is 75.4 Å². The van der Waals surface area contributed by atoms with Crippen molar-refractivity contribution < 1.29 is 0 Å². The normalized spacial score (nSPS) is 9.00. The number of hydrogen-bond acceptors (Lipinski definition) is 0. The first kappa shape index (κ1) is 22.9. The van der Waals surface area contributed by atoms with Gasteiger partial charge in [0.2, 0.25) is 0 Å². The lowest BCUT2D eigenvalue weighted by Gasteiger charge is -2.08. The third-order valence-corrected chi connectivity index (χ3v) is 3.66. The number of fused-ring (bicyclic) bond motifs is 1. The maximum absolute atomic E-state index is 2.30. The van der Waals surface area contributed by atoms with Crippen LogP contribution in [-0.4, -0.2) is 0 Å². The maximum Gasteiger partial charge on any atom is -0.0154 e. The van der Waals surface area contributed by atoms with Crippen LogP contribution in [-0.2, 0) is 0 Å². The monoisotopic (exact) mass is 336 g/mol. The average molecular weight is 337 g/mol. The van der Waals surface area contributed by atoms with Gasteiger partial charge in [-0.15, -0.1) is 0 Å². The SMILES string of the molecule is CC.CC.CC.Cc1cccc(-c2ccc3c(C)cc(C)cc3c2)c1. The molecule has 0 amide bonds. The van der Waals surface area contributed by atoms with E-state index in [1.54, 1.807) is 0 Å². The first-order valence-corrected chi connectivity index (χ1v) is 9.71. The van der Waals surface area contributed by atoms with Crippen molar-refractivity contribution in [3.8, 4) is 11.1 Å². The van der Waals surface area contributed by atoms with Gasteiger partial charge in [-0.1, -0.05) is 101 Å². The zero-order valence-electron chi connectivity index (χ0n) is 17.7. The molecule has 3 rings (SSSR count). The van der Waals surface area contributed by atoms with Gasteiger partial charge in [-0.3, -0.25) is 0 Å². The predicted molar refractivity (Wildman–Crippen MR) is 118 cm³/mol. The molecule has 0 N–H and O–H groups in total. The van der Waals surface area contributed by atoms with Crippen LogP contribution < -0.4 is 0 Å². The highest BCUT2D eigenvalue weighted by atomic mass is 14.1. The molecular weight excluding hydrogens is 300 g/mol. The molecule has 136 valence electrons. The summed E-state index contributed by atoms with van der Waals surface area (Å²) < 4.78 is 0. The van der Waals surface area contributed by atoms with E-state index in [0.717, 1.165) is 0 Å². The van der Waals surface area contributed by atoms with Gasteiger partial charge in [-0.05, 0) is 54.3 Å². The van der Waals surface area contributed by atoms with Gasteiger partial charge < -0.3 is 0 Å². The molecule has 0 heteroatoms. The van der Waals surface area contributed by atoms with Gasteiger partial charge in [-0.2, -0.15) is 0 Å². The zero-order valence-corrected chi connectivity index (χ0v) is 17.7. The van der Waals surface area contributed by atoms with Gasteiger partial charge in [0.15, 0.2) is 0 Å². The molecule has 0 saturated carbocycles. The first-order chi connectivity index (χ1) is 12.1. The second kappa shape index (κ2) is 12.3. The van der Waals surface area contributed by atoms with Crippen molar-refractivity contribution in [2.24, 2.45) is 0 Å². The van der Waals surface area contributed by atoms with Crippen molar-refractivity contribution in [3.05, 3.63) is 71.3 Å². The highest BCUT2D eigenvalue weighted by Crippen LogP contribution is 2.27. The third-order valence-electron chi connectivity index (χ3n) is 3.66. The largest absolute Gasteiger partial charge is 0.0683 e. The quantitative estimate of drug-likeness (QED) is 0.418. The van der Waals surface area contributed by atoms with Crippen molar-refractivity contribution in [3.63, 3.8) is 0 Å². The molecule has 0 unspecified atom stereocenters. The Morgan fingerprint density at radius 3 is 1.72 bits per heavy atom. The Labute approximate surface area is 155 Å². The predicted octanol–water partition coefficient (Wildman–Crippen LogP) is 8.51. The van der Waals surface area contributed by atoms with Crippen LogP contribution in [0.25, 0.3) is 21.9 Å². The van der Waals surface area contributed by atoms with Gasteiger partial charge in [0.1, 0.15) is 0 Å². The Bertz CT molecular complexity index is 751. The van der Waals surface area contributed by atoms with Gasteiger partial charge >= 0.3 is 0 Å². The molecule has 0 radical (unpaired) electrons. The van der Waals surface area contributed by atoms with Gasteiger partial charge in [-0.25, -0.2) is 0 Å². The summed E-state index contributed by atoms with van der Waals surface area (Å²) in [6.07, 6.45) is 0. The number of benzene rings is 3. The molecule has 0 aliphatic rings. The van der Waals surface area contributed by atoms with E-state index >= 15 is 0 Å². The molecule has 0 spiro atoms. The van der Waals surface area contributed by atoms with E-state index in [9.17, 15) is 0 Å². The summed E-state index contributed by atoms with van der Waals surface area (Å²) >= 11 is 0. The smallest absolute Gasteiger partial charge is 0.0154 e. The Hall–Kier alpha value is -2.08. The minimum absolute atomic E-state index is 1.29. The highest BCUT2D eigenvalue weighted by molar-refractivity contribution is 5.90. The summed E-state index contributed by atoms with van der Waals surface area (Å²) in [5, 5.41) is 2.68. The van der Waals surface area contributed by atoms with Crippen LogP contribution in [0, 0.1) is 20.8 Å². The second-order valence-electron chi connectivity index (χ2n) is 5.39. The number of hydrogen-bond donors (Lipinski definition) is 0. The Morgan fingerprint density at radius 1 is 0.520 bits per heavy atom. The van der Waals surface area contributed by atoms with Crippen molar-refractivity contribution in [2.75, 3.05) is 0 Å². The van der Waals surface area contributed by atoms with Crippen LogP contribution in [0.3, 0.4) is 0 Å². The fraction of sp³-hybridized carbons (Fsp3) is 0.360. The minimum Gasteiger partial charge on any atom is -0.0683 e. The molecular formula is C25H36. The summed E-state index contributed by atoms with van der Waals surface area (Å²) in [6.45, 7) is 18.5. The van der Waals surface area contributed by atoms with Crippen molar-refractivity contribution in [2.45, 2.75) is 62.3 Å². The van der Waals surface area contributed by atoms with Crippen LogP contribution in [0.1, 0.15) is 58.2 Å². The number of rotatable bonds is 1. The lowest BCUT2D eigenvalue weighted by molar-refractivity contribution is 1.43. The summed E-state index contributed by atoms with van der Waals surface area (Å²) in [4.78, 5) is 0. The Balaban J connectivity index is 0.000000871. The number of aryl methyl sites for hydroxylation is 3. The second-order valence-corrected chi connectivity index (χ2v) is 5.39. The molecule has 0 aromatic heterocycles. The van der Waals surface area contributed by atoms with Gasteiger partial charge in [0, 0.05) is 0 Å². The lowest BCUT2D eigenvalue weighted by Crippen LogP contribution is -1.84.